The van der Waals surface area contributed by atoms with Crippen LogP contribution >= 0.6 is 0 Å². The molecule has 0 saturated heterocycles. The molecule has 8 heteroatoms. The Balaban J connectivity index is 1.34. The number of rotatable bonds is 8. The second-order valence-corrected chi connectivity index (χ2v) is 11.0. The molecule has 1 amide bonds. The van der Waals surface area contributed by atoms with E-state index in [1.165, 1.54) is 38.9 Å². The molecular weight excluding hydrogens is 542 g/mol. The molecule has 8 nitrogen and oxygen atoms in total. The molecular formula is C35H31N3O5. The van der Waals surface area contributed by atoms with Gasteiger partial charge in [-0.2, -0.15) is 0 Å². The predicted molar refractivity (Wildman–Crippen MR) is 164 cm³/mol. The Hall–Kier alpha value is -5.08. The first kappa shape index (κ1) is 28.1. The van der Waals surface area contributed by atoms with Crippen molar-refractivity contribution in [1.82, 2.24) is 4.90 Å². The number of benzene rings is 4. The van der Waals surface area contributed by atoms with Crippen LogP contribution in [0.4, 0.5) is 5.69 Å². The lowest BCUT2D eigenvalue weighted by Crippen LogP contribution is -2.39. The van der Waals surface area contributed by atoms with E-state index in [0.29, 0.717) is 22.7 Å². The lowest BCUT2D eigenvalue weighted by Gasteiger charge is -2.29. The molecule has 4 aromatic rings. The fourth-order valence-electron chi connectivity index (χ4n) is 6.13. The van der Waals surface area contributed by atoms with Gasteiger partial charge in [0, 0.05) is 11.1 Å². The number of fused-ring (bicyclic) bond motifs is 4. The SMILES string of the molecule is CN(C)C1C=c2ccccc2=c2ccc3c(c21)CCCC=3C(=O)c1ccc(N(C(=O)COc2ccccc2)[N+](=O)[O-])cc1. The van der Waals surface area contributed by atoms with Crippen LogP contribution in [0.3, 0.4) is 0 Å². The number of nitro groups is 1. The highest BCUT2D eigenvalue weighted by atomic mass is 16.7. The van der Waals surface area contributed by atoms with E-state index in [0.717, 1.165) is 23.6 Å². The van der Waals surface area contributed by atoms with Crippen molar-refractivity contribution in [1.29, 1.82) is 0 Å². The summed E-state index contributed by atoms with van der Waals surface area (Å²) in [4.78, 5) is 40.6. The van der Waals surface area contributed by atoms with E-state index in [9.17, 15) is 19.7 Å². The van der Waals surface area contributed by atoms with Crippen molar-refractivity contribution in [2.24, 2.45) is 0 Å². The maximum Gasteiger partial charge on any atom is 0.326 e. The van der Waals surface area contributed by atoms with Crippen LogP contribution in [0.25, 0.3) is 11.6 Å². The van der Waals surface area contributed by atoms with Gasteiger partial charge in [-0.25, -0.2) is 10.1 Å². The van der Waals surface area contributed by atoms with E-state index >= 15 is 0 Å². The zero-order chi connectivity index (χ0) is 30.1. The zero-order valence-electron chi connectivity index (χ0n) is 24.0. The number of para-hydroxylation sites is 1. The predicted octanol–water partition coefficient (Wildman–Crippen LogP) is 4.34. The molecule has 0 aliphatic heterocycles. The van der Waals surface area contributed by atoms with E-state index in [-0.39, 0.29) is 17.5 Å². The second kappa shape index (κ2) is 11.7. The van der Waals surface area contributed by atoms with Gasteiger partial charge in [-0.3, -0.25) is 14.5 Å². The molecule has 0 bridgehead atoms. The van der Waals surface area contributed by atoms with Gasteiger partial charge in [-0.1, -0.05) is 60.7 Å². The maximum absolute atomic E-state index is 13.9. The average Bonchev–Trinajstić information content (AvgIpc) is 3.03. The molecule has 1 unspecified atom stereocenters. The van der Waals surface area contributed by atoms with Gasteiger partial charge < -0.3 is 4.74 Å². The Morgan fingerprint density at radius 3 is 2.28 bits per heavy atom. The number of anilines is 1. The van der Waals surface area contributed by atoms with Crippen molar-refractivity contribution >= 4 is 29.0 Å². The lowest BCUT2D eigenvalue weighted by molar-refractivity contribution is -0.484. The Kier molecular flexibility index (Phi) is 7.61. The minimum atomic E-state index is -0.831. The van der Waals surface area contributed by atoms with Crippen molar-refractivity contribution in [2.75, 3.05) is 25.7 Å². The van der Waals surface area contributed by atoms with Gasteiger partial charge >= 0.3 is 5.91 Å². The van der Waals surface area contributed by atoms with Gasteiger partial charge in [0.25, 0.3) is 0 Å². The van der Waals surface area contributed by atoms with E-state index < -0.39 is 17.5 Å². The number of hydrogen-bond donors (Lipinski definition) is 0. The van der Waals surface area contributed by atoms with Crippen LogP contribution in [-0.2, 0) is 11.2 Å². The lowest BCUT2D eigenvalue weighted by atomic mass is 9.82. The molecule has 0 fully saturated rings. The standard InChI is InChI=1S/C35H31N3O5/c1-36(2)32-21-24-9-6-7-12-27(24)30-20-19-28-29(34(30)32)13-8-14-31(28)35(40)23-15-17-25(18-16-23)37(38(41)42)33(39)22-43-26-10-4-3-5-11-26/h3-7,9-12,15-21,32H,8,13-14,22H2,1-2H3. The van der Waals surface area contributed by atoms with Gasteiger partial charge in [0.05, 0.1) is 6.04 Å². The number of Topliss-reactive ketones (excluding diaryl/α,β-unsaturated/α-hetero) is 1. The average molecular weight is 574 g/mol. The first-order valence-electron chi connectivity index (χ1n) is 14.3. The van der Waals surface area contributed by atoms with E-state index in [4.69, 9.17) is 4.74 Å². The van der Waals surface area contributed by atoms with Gasteiger partial charge in [-0.15, -0.1) is 0 Å². The van der Waals surface area contributed by atoms with Crippen molar-refractivity contribution in [3.8, 4) is 5.75 Å². The van der Waals surface area contributed by atoms with Gasteiger partial charge in [0.15, 0.2) is 17.4 Å². The normalized spacial score (nSPS) is 15.0. The summed E-state index contributed by atoms with van der Waals surface area (Å²) in [6.07, 6.45) is 4.69. The number of ketones is 1. The van der Waals surface area contributed by atoms with Crippen LogP contribution < -0.4 is 20.2 Å². The number of hydrogen-bond acceptors (Lipinski definition) is 6. The van der Waals surface area contributed by atoms with Crippen LogP contribution in [0.5, 0.6) is 5.75 Å². The molecule has 0 aromatic heterocycles. The van der Waals surface area contributed by atoms with Crippen LogP contribution in [0.15, 0.2) is 91.0 Å². The third-order valence-corrected chi connectivity index (χ3v) is 8.13. The Morgan fingerprint density at radius 2 is 1.56 bits per heavy atom. The first-order chi connectivity index (χ1) is 20.8. The highest BCUT2D eigenvalue weighted by Crippen LogP contribution is 2.30. The fourth-order valence-corrected chi connectivity index (χ4v) is 6.13. The second-order valence-electron chi connectivity index (χ2n) is 11.0. The molecule has 4 aromatic carbocycles. The van der Waals surface area contributed by atoms with E-state index in [1.807, 2.05) is 0 Å². The van der Waals surface area contributed by atoms with Crippen LogP contribution in [-0.4, -0.2) is 42.3 Å². The molecule has 2 aliphatic carbocycles. The van der Waals surface area contributed by atoms with Crippen LogP contribution in [0, 0.1) is 20.6 Å². The number of nitrogens with zero attached hydrogens (tertiary/aromatic N) is 3. The summed E-state index contributed by atoms with van der Waals surface area (Å²) in [6.45, 7) is -0.499. The number of carbonyl (C=O) groups excluding carboxylic acids is 2. The summed E-state index contributed by atoms with van der Waals surface area (Å²) in [7, 11) is 4.15. The highest BCUT2D eigenvalue weighted by molar-refractivity contribution is 6.24. The molecule has 0 heterocycles. The maximum atomic E-state index is 13.9. The van der Waals surface area contributed by atoms with Gasteiger partial charge in [0.1, 0.15) is 11.4 Å². The van der Waals surface area contributed by atoms with Crippen molar-refractivity contribution < 1.29 is 19.4 Å². The fraction of sp³-hybridized carbons (Fsp3) is 0.200. The van der Waals surface area contributed by atoms with Crippen molar-refractivity contribution in [3.63, 3.8) is 0 Å². The van der Waals surface area contributed by atoms with E-state index in [1.54, 1.807) is 42.5 Å². The van der Waals surface area contributed by atoms with Crippen molar-refractivity contribution in [3.05, 3.63) is 139 Å². The molecule has 43 heavy (non-hydrogen) atoms. The topological polar surface area (TPSA) is 93.0 Å². The monoisotopic (exact) mass is 573 g/mol. The van der Waals surface area contributed by atoms with Crippen LogP contribution in [0.2, 0.25) is 0 Å². The smallest absolute Gasteiger partial charge is 0.326 e. The Morgan fingerprint density at radius 1 is 0.860 bits per heavy atom. The Bertz CT molecular complexity index is 1950. The largest absolute Gasteiger partial charge is 0.484 e. The summed E-state index contributed by atoms with van der Waals surface area (Å²) in [5.74, 6) is -0.507. The molecule has 0 N–H and O–H groups in total. The molecule has 0 spiro atoms. The minimum absolute atomic E-state index is 0.0503. The number of ether oxygens (including phenoxy) is 1. The molecule has 216 valence electrons. The van der Waals surface area contributed by atoms with E-state index in [2.05, 4.69) is 61.5 Å². The summed E-state index contributed by atoms with van der Waals surface area (Å²) in [6, 6.07) is 27.3. The van der Waals surface area contributed by atoms with Gasteiger partial charge in [-0.05, 0) is 107 Å². The third kappa shape index (κ3) is 5.33. The minimum Gasteiger partial charge on any atom is -0.484 e. The first-order valence-corrected chi connectivity index (χ1v) is 14.3. The highest BCUT2D eigenvalue weighted by Gasteiger charge is 2.29. The summed E-state index contributed by atoms with van der Waals surface area (Å²) in [5, 5.41) is 16.1. The summed E-state index contributed by atoms with van der Waals surface area (Å²) in [5.41, 5.74) is 3.67. The van der Waals surface area contributed by atoms with Crippen molar-refractivity contribution in [2.45, 2.75) is 25.3 Å². The molecule has 6 rings (SSSR count). The zero-order valence-corrected chi connectivity index (χ0v) is 24.0. The number of hydrazine groups is 1. The van der Waals surface area contributed by atoms with Gasteiger partial charge in [0.2, 0.25) is 0 Å². The molecule has 0 saturated carbocycles. The number of carbonyl (C=O) groups is 2. The quantitative estimate of drug-likeness (QED) is 0.177. The molecule has 0 radical (unpaired) electrons. The summed E-state index contributed by atoms with van der Waals surface area (Å²) >= 11 is 0. The number of amides is 1. The molecule has 1 atom stereocenters. The van der Waals surface area contributed by atoms with Crippen LogP contribution in [0.1, 0.15) is 40.4 Å². The Labute approximate surface area is 248 Å². The summed E-state index contributed by atoms with van der Waals surface area (Å²) < 4.78 is 5.42. The third-order valence-electron chi connectivity index (χ3n) is 8.13. The molecule has 2 aliphatic rings.